The lowest BCUT2D eigenvalue weighted by molar-refractivity contribution is -0.142. The SMILES string of the molecule is CC(C)C[C@H](NC(=O)[C@H](Cc1ccccc1)NC(=O)CCCCCCNC(=S)Nc1ccc2c(c1)C(=O)OC21c2ccc(O)cc2Oc2cc(O)ccc21)C(=O)N1CCC[C@H]1C(=O)N[C@@H](C)C(=O)NCC(N)=O. The van der Waals surface area contributed by atoms with Gasteiger partial charge in [0.25, 0.3) is 0 Å². The number of primary amides is 1. The van der Waals surface area contributed by atoms with E-state index in [0.29, 0.717) is 58.9 Å². The van der Waals surface area contributed by atoms with Crippen molar-refractivity contribution in [3.63, 3.8) is 0 Å². The van der Waals surface area contributed by atoms with Crippen LogP contribution in [-0.4, -0.2) is 105 Å². The van der Waals surface area contributed by atoms with Crippen LogP contribution in [0.25, 0.3) is 0 Å². The molecule has 1 fully saturated rings. The fourth-order valence-corrected chi connectivity index (χ4v) is 9.64. The summed E-state index contributed by atoms with van der Waals surface area (Å²) >= 11 is 5.57. The van der Waals surface area contributed by atoms with E-state index in [1.54, 1.807) is 30.3 Å². The van der Waals surface area contributed by atoms with Gasteiger partial charge in [-0.2, -0.15) is 0 Å². The topological polar surface area (TPSA) is 280 Å². The van der Waals surface area contributed by atoms with Gasteiger partial charge in [-0.15, -0.1) is 0 Å². The lowest BCUT2D eigenvalue weighted by Crippen LogP contribution is -2.58. The van der Waals surface area contributed by atoms with Crippen LogP contribution in [0.15, 0.2) is 84.9 Å². The van der Waals surface area contributed by atoms with Gasteiger partial charge in [0.15, 0.2) is 10.7 Å². The molecule has 3 aliphatic heterocycles. The minimum absolute atomic E-state index is 0.0172. The highest BCUT2D eigenvalue weighted by Crippen LogP contribution is 2.57. The lowest BCUT2D eigenvalue weighted by Gasteiger charge is -2.36. The van der Waals surface area contributed by atoms with Crippen LogP contribution >= 0.6 is 12.2 Å². The number of nitrogens with zero attached hydrogens (tertiary/aromatic N) is 1. The van der Waals surface area contributed by atoms with Gasteiger partial charge in [-0.25, -0.2) is 4.79 Å². The first-order valence-electron chi connectivity index (χ1n) is 24.5. The summed E-state index contributed by atoms with van der Waals surface area (Å²) in [7, 11) is 0. The molecule has 73 heavy (non-hydrogen) atoms. The Hall–Kier alpha value is -7.74. The molecule has 0 bridgehead atoms. The van der Waals surface area contributed by atoms with Crippen molar-refractivity contribution < 1.29 is 53.2 Å². The molecule has 386 valence electrons. The monoisotopic (exact) mass is 1020 g/mol. The number of aromatic hydroxyl groups is 2. The number of nitrogens with two attached hydrogens (primary N) is 1. The molecule has 20 heteroatoms. The molecule has 19 nitrogen and oxygen atoms in total. The number of phenolic OH excluding ortho intramolecular Hbond substituents is 2. The van der Waals surface area contributed by atoms with Gasteiger partial charge in [0, 0.05) is 60.4 Å². The van der Waals surface area contributed by atoms with Crippen LogP contribution in [0.5, 0.6) is 23.0 Å². The minimum atomic E-state index is -1.38. The highest BCUT2D eigenvalue weighted by atomic mass is 32.1. The van der Waals surface area contributed by atoms with E-state index >= 15 is 0 Å². The van der Waals surface area contributed by atoms with Crippen molar-refractivity contribution in [2.75, 3.05) is 25.0 Å². The molecule has 3 aliphatic rings. The van der Waals surface area contributed by atoms with Gasteiger partial charge in [0.05, 0.1) is 12.1 Å². The first-order valence-corrected chi connectivity index (χ1v) is 24.9. The first-order chi connectivity index (χ1) is 34.9. The number of carbonyl (C=O) groups is 7. The second-order valence-corrected chi connectivity index (χ2v) is 19.4. The molecule has 3 heterocycles. The third kappa shape index (κ3) is 12.8. The number of thiocarbonyl (C=S) groups is 1. The van der Waals surface area contributed by atoms with Crippen LogP contribution in [-0.2, 0) is 45.5 Å². The Labute approximate surface area is 428 Å². The molecule has 4 atom stereocenters. The number of likely N-dealkylation sites (tertiary alicyclic amines) is 1. The van der Waals surface area contributed by atoms with Crippen molar-refractivity contribution in [3.05, 3.63) is 113 Å². The summed E-state index contributed by atoms with van der Waals surface area (Å²) in [6.45, 7) is 5.71. The molecule has 0 saturated carbocycles. The number of hydrogen-bond acceptors (Lipinski definition) is 12. The molecule has 6 amide bonds. The molecule has 0 radical (unpaired) electrons. The third-order valence-corrected chi connectivity index (χ3v) is 13.2. The molecule has 1 spiro atoms. The van der Waals surface area contributed by atoms with Gasteiger partial charge in [-0.05, 0) is 99.1 Å². The number of nitrogens with one attached hydrogen (secondary N) is 6. The highest BCUT2D eigenvalue weighted by Gasteiger charge is 2.54. The fraction of sp³-hybridized carbons (Fsp3) is 0.396. The van der Waals surface area contributed by atoms with Crippen LogP contribution in [0.2, 0.25) is 0 Å². The fourth-order valence-electron chi connectivity index (χ4n) is 9.42. The van der Waals surface area contributed by atoms with Gasteiger partial charge >= 0.3 is 5.97 Å². The number of esters is 1. The van der Waals surface area contributed by atoms with Crippen molar-refractivity contribution in [2.45, 2.75) is 108 Å². The van der Waals surface area contributed by atoms with Gasteiger partial charge in [-0.1, -0.05) is 63.1 Å². The van der Waals surface area contributed by atoms with Gasteiger partial charge in [0.2, 0.25) is 35.4 Å². The molecule has 0 unspecified atom stereocenters. The van der Waals surface area contributed by atoms with Crippen LogP contribution in [0.3, 0.4) is 0 Å². The van der Waals surface area contributed by atoms with E-state index in [2.05, 4.69) is 31.9 Å². The van der Waals surface area contributed by atoms with Gasteiger partial charge in [-0.3, -0.25) is 28.8 Å². The number of unbranched alkanes of at least 4 members (excludes halogenated alkanes) is 3. The number of phenols is 2. The lowest BCUT2D eigenvalue weighted by atomic mass is 9.77. The maximum Gasteiger partial charge on any atom is 0.340 e. The average Bonchev–Trinajstić information content (AvgIpc) is 3.95. The Kier molecular flexibility index (Phi) is 17.2. The summed E-state index contributed by atoms with van der Waals surface area (Å²) in [6.07, 6.45) is 4.32. The molecule has 4 aromatic carbocycles. The summed E-state index contributed by atoms with van der Waals surface area (Å²) in [6, 6.07) is 19.7. The van der Waals surface area contributed by atoms with E-state index in [1.807, 2.05) is 44.2 Å². The molecule has 0 aliphatic carbocycles. The van der Waals surface area contributed by atoms with E-state index < -0.39 is 65.3 Å². The highest BCUT2D eigenvalue weighted by molar-refractivity contribution is 7.80. The van der Waals surface area contributed by atoms with Crippen LogP contribution in [0, 0.1) is 5.92 Å². The van der Waals surface area contributed by atoms with Crippen molar-refractivity contribution >= 4 is 64.4 Å². The number of hydrogen-bond donors (Lipinski definition) is 9. The number of amides is 6. The van der Waals surface area contributed by atoms with E-state index in [9.17, 15) is 43.8 Å². The number of carbonyl (C=O) groups excluding carboxylic acids is 7. The Morgan fingerprint density at radius 1 is 0.795 bits per heavy atom. The first kappa shape index (κ1) is 53.1. The zero-order valence-corrected chi connectivity index (χ0v) is 41.8. The number of benzene rings is 4. The van der Waals surface area contributed by atoms with Crippen LogP contribution < -0.4 is 42.4 Å². The summed E-state index contributed by atoms with van der Waals surface area (Å²) in [5, 5.41) is 37.9. The minimum Gasteiger partial charge on any atom is -0.508 e. The summed E-state index contributed by atoms with van der Waals surface area (Å²) in [5.74, 6) is -3.25. The standard InChI is InChI=1S/C53H62N8O11S/c1-30(2)24-41(50(69)61-23-11-14-42(61)49(68)57-31(3)47(66)56-29-45(54)64)60-48(67)40(25-32-12-7-6-8-13-32)59-46(65)15-9-4-5-10-22-55-52(73)58-33-16-19-37-36(26-33)51(70)72-53(37)38-20-17-34(62)27-43(38)71-44-28-35(63)18-21-39(44)53/h6-8,12-13,16-21,26-28,30-31,40-42,62-63H,4-5,9-11,14-15,22-25,29H2,1-3H3,(H2,54,64)(H,56,66)(H,57,68)(H,59,65)(H,60,67)(H2,55,58,73)/t31-,40-,41-,42-/m0/s1. The molecule has 4 aromatic rings. The second kappa shape index (κ2) is 23.7. The molecular formula is C53H62N8O11S. The Balaban J connectivity index is 0.886. The number of ether oxygens (including phenoxy) is 2. The largest absolute Gasteiger partial charge is 0.508 e. The molecule has 1 saturated heterocycles. The summed E-state index contributed by atoms with van der Waals surface area (Å²) in [5.41, 5.74) is 7.01. The maximum absolute atomic E-state index is 14.1. The zero-order chi connectivity index (χ0) is 52.4. The Morgan fingerprint density at radius 2 is 1.47 bits per heavy atom. The molecule has 10 N–H and O–H groups in total. The van der Waals surface area contributed by atoms with Crippen molar-refractivity contribution in [1.29, 1.82) is 0 Å². The average molecular weight is 1020 g/mol. The van der Waals surface area contributed by atoms with Gasteiger partial charge in [0.1, 0.15) is 47.2 Å². The smallest absolute Gasteiger partial charge is 0.340 e. The number of fused-ring (bicyclic) bond motifs is 6. The van der Waals surface area contributed by atoms with E-state index in [0.717, 1.165) is 24.8 Å². The number of anilines is 1. The van der Waals surface area contributed by atoms with E-state index in [4.69, 9.17) is 27.4 Å². The quantitative estimate of drug-likeness (QED) is 0.0321. The van der Waals surface area contributed by atoms with E-state index in [-0.39, 0.29) is 67.2 Å². The zero-order valence-electron chi connectivity index (χ0n) is 41.0. The van der Waals surface area contributed by atoms with Crippen molar-refractivity contribution in [1.82, 2.24) is 31.5 Å². The van der Waals surface area contributed by atoms with E-state index in [1.165, 1.54) is 36.1 Å². The Morgan fingerprint density at radius 3 is 2.14 bits per heavy atom. The summed E-state index contributed by atoms with van der Waals surface area (Å²) in [4.78, 5) is 93.4. The second-order valence-electron chi connectivity index (χ2n) is 18.9. The van der Waals surface area contributed by atoms with Crippen molar-refractivity contribution in [2.24, 2.45) is 11.7 Å². The number of rotatable bonds is 21. The summed E-state index contributed by atoms with van der Waals surface area (Å²) < 4.78 is 12.2. The van der Waals surface area contributed by atoms with Gasteiger partial charge < -0.3 is 62.2 Å². The van der Waals surface area contributed by atoms with Crippen molar-refractivity contribution in [3.8, 4) is 23.0 Å². The van der Waals surface area contributed by atoms with Crippen LogP contribution in [0.1, 0.15) is 105 Å². The van der Waals surface area contributed by atoms with Crippen LogP contribution in [0.4, 0.5) is 5.69 Å². The third-order valence-electron chi connectivity index (χ3n) is 12.9. The normalized spacial score (nSPS) is 16.1. The maximum atomic E-state index is 14.1. The predicted molar refractivity (Wildman–Crippen MR) is 273 cm³/mol. The molecular weight excluding hydrogens is 957 g/mol. The Bertz CT molecular complexity index is 2700. The predicted octanol–water partition coefficient (Wildman–Crippen LogP) is 4.26. The molecule has 0 aromatic heterocycles. The molecule has 7 rings (SSSR count).